The number of nitrogens with one attached hydrogen (secondary N) is 1. The highest BCUT2D eigenvalue weighted by molar-refractivity contribution is 6.16. The van der Waals surface area contributed by atoms with Gasteiger partial charge in [-0.3, -0.25) is 4.99 Å². The highest BCUT2D eigenvalue weighted by Crippen LogP contribution is 2.39. The molecule has 7 heteroatoms. The summed E-state index contributed by atoms with van der Waals surface area (Å²) < 4.78 is 11.4. The number of aliphatic hydroxyl groups excluding tert-OH is 1. The minimum atomic E-state index is -0.402. The number of rotatable bonds is 10. The molecule has 204 valence electrons. The van der Waals surface area contributed by atoms with Gasteiger partial charge in [0.15, 0.2) is 0 Å². The van der Waals surface area contributed by atoms with E-state index in [1.54, 1.807) is 0 Å². The summed E-state index contributed by atoms with van der Waals surface area (Å²) in [5.41, 5.74) is 7.22. The van der Waals surface area contributed by atoms with Gasteiger partial charge in [0, 0.05) is 43.6 Å². The van der Waals surface area contributed by atoms with E-state index in [4.69, 9.17) is 14.5 Å². The Kier molecular flexibility index (Phi) is 8.91. The van der Waals surface area contributed by atoms with Crippen molar-refractivity contribution in [2.75, 3.05) is 31.6 Å². The summed E-state index contributed by atoms with van der Waals surface area (Å²) in [6.07, 6.45) is 3.75. The Morgan fingerprint density at radius 2 is 1.92 bits per heavy atom. The lowest BCUT2D eigenvalue weighted by atomic mass is 9.92. The molecule has 0 aliphatic carbocycles. The van der Waals surface area contributed by atoms with E-state index in [9.17, 15) is 9.90 Å². The van der Waals surface area contributed by atoms with Crippen LogP contribution < -0.4 is 10.2 Å². The van der Waals surface area contributed by atoms with E-state index < -0.39 is 6.09 Å². The van der Waals surface area contributed by atoms with Crippen molar-refractivity contribution in [3.05, 3.63) is 101 Å². The maximum absolute atomic E-state index is 12.1. The van der Waals surface area contributed by atoms with Crippen molar-refractivity contribution in [2.24, 2.45) is 4.99 Å². The van der Waals surface area contributed by atoms with E-state index >= 15 is 0 Å². The van der Waals surface area contributed by atoms with E-state index in [0.717, 1.165) is 72.5 Å². The second-order valence-electron chi connectivity index (χ2n) is 10.2. The number of benzene rings is 3. The van der Waals surface area contributed by atoms with Gasteiger partial charge in [0.1, 0.15) is 12.6 Å². The predicted molar refractivity (Wildman–Crippen MR) is 153 cm³/mol. The minimum Gasteiger partial charge on any atom is -0.445 e. The standard InChI is InChI=1S/C32H37N3O4/c1-35(17-8-16-33-32(37)39-22-23-9-3-2-4-10-23)26-14-15-27-28(20-26)30(25-12-7-11-24(19-25)21-36)34-31(27)29-13-5-6-18-38-29/h2-4,7,9-12,14-15,19-20,29,31,36H,5-6,8,13,16-18,21-22H2,1H3,(H,33,37). The SMILES string of the molecule is CN(CCCNC(=O)OCc1ccccc1)c1ccc2c(c1)C(c1cccc(CO)c1)=NC2C1CCCCO1. The normalized spacial score (nSPS) is 18.3. The summed E-state index contributed by atoms with van der Waals surface area (Å²) in [7, 11) is 2.06. The van der Waals surface area contributed by atoms with Gasteiger partial charge in [-0.2, -0.15) is 0 Å². The number of nitrogens with zero attached hydrogens (tertiary/aromatic N) is 2. The number of ether oxygens (including phenoxy) is 2. The quantitative estimate of drug-likeness (QED) is 0.345. The first-order valence-electron chi connectivity index (χ1n) is 13.8. The summed E-state index contributed by atoms with van der Waals surface area (Å²) >= 11 is 0. The molecule has 2 aliphatic rings. The zero-order valence-electron chi connectivity index (χ0n) is 22.5. The Morgan fingerprint density at radius 1 is 1.08 bits per heavy atom. The number of carbonyl (C=O) groups excluding carboxylic acids is 1. The van der Waals surface area contributed by atoms with E-state index in [0.29, 0.717) is 6.54 Å². The third-order valence-corrected chi connectivity index (χ3v) is 7.42. The molecule has 1 saturated heterocycles. The molecule has 0 radical (unpaired) electrons. The lowest BCUT2D eigenvalue weighted by Crippen LogP contribution is -2.28. The second-order valence-corrected chi connectivity index (χ2v) is 10.2. The van der Waals surface area contributed by atoms with Crippen LogP contribution in [0.15, 0.2) is 77.8 Å². The van der Waals surface area contributed by atoms with Crippen molar-refractivity contribution in [1.29, 1.82) is 0 Å². The first-order valence-corrected chi connectivity index (χ1v) is 13.8. The van der Waals surface area contributed by atoms with Gasteiger partial charge in [-0.15, -0.1) is 0 Å². The van der Waals surface area contributed by atoms with Gasteiger partial charge in [0.2, 0.25) is 0 Å². The topological polar surface area (TPSA) is 83.4 Å². The molecule has 7 nitrogen and oxygen atoms in total. The third-order valence-electron chi connectivity index (χ3n) is 7.42. The van der Waals surface area contributed by atoms with E-state index in [2.05, 4.69) is 41.5 Å². The van der Waals surface area contributed by atoms with Gasteiger partial charge in [-0.25, -0.2) is 4.79 Å². The minimum absolute atomic E-state index is 0.000245. The zero-order chi connectivity index (χ0) is 27.0. The monoisotopic (exact) mass is 527 g/mol. The summed E-state index contributed by atoms with van der Waals surface area (Å²) in [4.78, 5) is 19.4. The number of hydrogen-bond acceptors (Lipinski definition) is 6. The van der Waals surface area contributed by atoms with Gasteiger partial charge in [-0.1, -0.05) is 54.6 Å². The molecule has 39 heavy (non-hydrogen) atoms. The molecule has 5 rings (SSSR count). The van der Waals surface area contributed by atoms with Crippen LogP contribution in [0.3, 0.4) is 0 Å². The first-order chi connectivity index (χ1) is 19.1. The van der Waals surface area contributed by atoms with E-state index in [1.165, 1.54) is 5.56 Å². The zero-order valence-corrected chi connectivity index (χ0v) is 22.5. The number of carbonyl (C=O) groups is 1. The molecular formula is C32H37N3O4. The fourth-order valence-corrected chi connectivity index (χ4v) is 5.28. The summed E-state index contributed by atoms with van der Waals surface area (Å²) in [6, 6.07) is 24.2. The van der Waals surface area contributed by atoms with Crippen LogP contribution in [0.4, 0.5) is 10.5 Å². The number of amides is 1. The van der Waals surface area contributed by atoms with Gasteiger partial charge in [0.25, 0.3) is 0 Å². The number of alkyl carbamates (subject to hydrolysis) is 1. The summed E-state index contributed by atoms with van der Waals surface area (Å²) in [5, 5.41) is 12.5. The Balaban J connectivity index is 1.23. The molecule has 2 N–H and O–H groups in total. The van der Waals surface area contributed by atoms with Crippen molar-refractivity contribution in [3.8, 4) is 0 Å². The molecule has 2 unspecified atom stereocenters. The molecule has 3 aromatic carbocycles. The summed E-state index contributed by atoms with van der Waals surface area (Å²) in [5.74, 6) is 0. The van der Waals surface area contributed by atoms with E-state index in [-0.39, 0.29) is 25.4 Å². The number of anilines is 1. The van der Waals surface area contributed by atoms with E-state index in [1.807, 2.05) is 48.5 Å². The highest BCUT2D eigenvalue weighted by Gasteiger charge is 2.34. The lowest BCUT2D eigenvalue weighted by Gasteiger charge is -2.27. The number of aliphatic imine (C=N–C) groups is 1. The second kappa shape index (κ2) is 12.9. The largest absolute Gasteiger partial charge is 0.445 e. The Labute approximate surface area is 230 Å². The molecule has 2 aliphatic heterocycles. The smallest absolute Gasteiger partial charge is 0.407 e. The molecule has 0 spiro atoms. The van der Waals surface area contributed by atoms with Crippen LogP contribution in [0, 0.1) is 0 Å². The van der Waals surface area contributed by atoms with Gasteiger partial charge in [-0.05, 0) is 60.6 Å². The molecule has 1 fully saturated rings. The molecule has 0 aromatic heterocycles. The van der Waals surface area contributed by atoms with Crippen LogP contribution in [-0.4, -0.2) is 49.8 Å². The van der Waals surface area contributed by atoms with Crippen LogP contribution in [0.2, 0.25) is 0 Å². The third kappa shape index (κ3) is 6.67. The molecule has 3 aromatic rings. The van der Waals surface area contributed by atoms with Crippen LogP contribution in [0.25, 0.3) is 0 Å². The van der Waals surface area contributed by atoms with Crippen LogP contribution >= 0.6 is 0 Å². The average molecular weight is 528 g/mol. The molecule has 1 amide bonds. The maximum atomic E-state index is 12.1. The first kappa shape index (κ1) is 26.9. The van der Waals surface area contributed by atoms with Crippen LogP contribution in [-0.2, 0) is 22.7 Å². The van der Waals surface area contributed by atoms with Crippen molar-refractivity contribution in [3.63, 3.8) is 0 Å². The molecule has 2 atom stereocenters. The fraction of sp³-hybridized carbons (Fsp3) is 0.375. The Hall–Kier alpha value is -3.68. The summed E-state index contributed by atoms with van der Waals surface area (Å²) in [6.45, 7) is 2.36. The molecule has 0 bridgehead atoms. The van der Waals surface area contributed by atoms with Crippen molar-refractivity contribution in [1.82, 2.24) is 5.32 Å². The number of aliphatic hydroxyl groups is 1. The van der Waals surface area contributed by atoms with Gasteiger partial charge in [0.05, 0.1) is 18.4 Å². The Morgan fingerprint density at radius 3 is 2.72 bits per heavy atom. The van der Waals surface area contributed by atoms with Crippen molar-refractivity contribution < 1.29 is 19.4 Å². The predicted octanol–water partition coefficient (Wildman–Crippen LogP) is 5.39. The average Bonchev–Trinajstić information content (AvgIpc) is 3.38. The highest BCUT2D eigenvalue weighted by atomic mass is 16.5. The number of fused-ring (bicyclic) bond motifs is 1. The van der Waals surface area contributed by atoms with Gasteiger partial charge >= 0.3 is 6.09 Å². The van der Waals surface area contributed by atoms with Crippen molar-refractivity contribution in [2.45, 2.75) is 51.0 Å². The van der Waals surface area contributed by atoms with Crippen LogP contribution in [0.5, 0.6) is 0 Å². The molecule has 0 saturated carbocycles. The molecule has 2 heterocycles. The Bertz CT molecular complexity index is 1290. The van der Waals surface area contributed by atoms with Crippen molar-refractivity contribution >= 4 is 17.5 Å². The van der Waals surface area contributed by atoms with Gasteiger partial charge < -0.3 is 24.8 Å². The molecular weight excluding hydrogens is 490 g/mol. The fourth-order valence-electron chi connectivity index (χ4n) is 5.28. The maximum Gasteiger partial charge on any atom is 0.407 e. The van der Waals surface area contributed by atoms with Crippen LogP contribution in [0.1, 0.15) is 59.5 Å². The number of hydrogen-bond donors (Lipinski definition) is 2. The lowest BCUT2D eigenvalue weighted by molar-refractivity contribution is 0.00119.